The first kappa shape index (κ1) is 9.74. The summed E-state index contributed by atoms with van der Waals surface area (Å²) < 4.78 is 4.79. The third-order valence-electron chi connectivity index (χ3n) is 1.54. The summed E-state index contributed by atoms with van der Waals surface area (Å²) in [6, 6.07) is 7.57. The minimum Gasteiger partial charge on any atom is -0.462 e. The van der Waals surface area contributed by atoms with Crippen LogP contribution in [-0.2, 0) is 11.3 Å². The first-order valence-electron chi connectivity index (χ1n) is 4.06. The minimum atomic E-state index is -0.369. The maximum absolute atomic E-state index is 11.2. The van der Waals surface area contributed by atoms with Crippen LogP contribution in [0.15, 0.2) is 18.2 Å². The first-order chi connectivity index (χ1) is 6.27. The van der Waals surface area contributed by atoms with E-state index in [0.29, 0.717) is 17.7 Å². The Morgan fingerprint density at radius 2 is 2.46 bits per heavy atom. The summed E-state index contributed by atoms with van der Waals surface area (Å²) in [7, 11) is 0. The Morgan fingerprint density at radius 3 is 3.08 bits per heavy atom. The first-order valence-corrected chi connectivity index (χ1v) is 4.06. The normalized spacial score (nSPS) is 9.69. The van der Waals surface area contributed by atoms with E-state index in [0.717, 1.165) is 0 Å². The molecule has 0 aliphatic heterocycles. The van der Waals surface area contributed by atoms with Crippen LogP contribution in [0.2, 0.25) is 0 Å². The molecule has 1 rings (SSSR count). The third kappa shape index (κ3) is 2.56. The third-order valence-corrected chi connectivity index (χ3v) is 1.54. The molecular formula is C10H11O3. The summed E-state index contributed by atoms with van der Waals surface area (Å²) >= 11 is 0. The predicted octanol–water partition coefficient (Wildman–Crippen LogP) is 1.16. The summed E-state index contributed by atoms with van der Waals surface area (Å²) in [5.41, 5.74) is 1.04. The molecule has 3 heteroatoms. The zero-order chi connectivity index (χ0) is 9.68. The van der Waals surface area contributed by atoms with Gasteiger partial charge in [-0.05, 0) is 30.7 Å². The Kier molecular flexibility index (Phi) is 3.46. The smallest absolute Gasteiger partial charge is 0.338 e. The van der Waals surface area contributed by atoms with Crippen molar-refractivity contribution in [1.29, 1.82) is 0 Å². The van der Waals surface area contributed by atoms with Gasteiger partial charge in [-0.25, -0.2) is 4.79 Å². The van der Waals surface area contributed by atoms with E-state index in [9.17, 15) is 4.79 Å². The van der Waals surface area contributed by atoms with E-state index in [-0.39, 0.29) is 12.6 Å². The molecule has 0 heterocycles. The van der Waals surface area contributed by atoms with E-state index in [4.69, 9.17) is 9.84 Å². The van der Waals surface area contributed by atoms with Crippen molar-refractivity contribution in [3.05, 3.63) is 35.4 Å². The molecule has 0 amide bonds. The van der Waals surface area contributed by atoms with E-state index in [2.05, 4.69) is 6.07 Å². The van der Waals surface area contributed by atoms with Gasteiger partial charge in [0.25, 0.3) is 0 Å². The quantitative estimate of drug-likeness (QED) is 0.708. The number of aliphatic hydroxyl groups is 1. The average Bonchev–Trinajstić information content (AvgIpc) is 2.18. The fraction of sp³-hybridized carbons (Fsp3) is 0.300. The molecule has 1 aromatic carbocycles. The van der Waals surface area contributed by atoms with Crippen molar-refractivity contribution in [3.8, 4) is 0 Å². The molecule has 0 aliphatic rings. The second-order valence-corrected chi connectivity index (χ2v) is 2.48. The molecule has 0 fully saturated rings. The molecule has 0 saturated heterocycles. The van der Waals surface area contributed by atoms with Crippen LogP contribution in [0.4, 0.5) is 0 Å². The number of hydrogen-bond acceptors (Lipinski definition) is 3. The molecule has 3 nitrogen and oxygen atoms in total. The lowest BCUT2D eigenvalue weighted by Crippen LogP contribution is -2.04. The Morgan fingerprint density at radius 1 is 1.69 bits per heavy atom. The standard InChI is InChI=1S/C10H11O3/c1-2-13-10(12)9-5-3-4-8(6-9)7-11/h3,5-6,11H,2,7H2,1H3. The van der Waals surface area contributed by atoms with Gasteiger partial charge in [0.15, 0.2) is 0 Å². The Balaban J connectivity index is 2.82. The molecule has 0 aromatic heterocycles. The van der Waals surface area contributed by atoms with Crippen molar-refractivity contribution >= 4 is 5.97 Å². The molecule has 0 atom stereocenters. The molecule has 1 radical (unpaired) electrons. The second-order valence-electron chi connectivity index (χ2n) is 2.48. The summed E-state index contributed by atoms with van der Waals surface area (Å²) in [4.78, 5) is 11.2. The average molecular weight is 179 g/mol. The lowest BCUT2D eigenvalue weighted by molar-refractivity contribution is 0.0526. The van der Waals surface area contributed by atoms with Gasteiger partial charge in [0.1, 0.15) is 0 Å². The Hall–Kier alpha value is -1.35. The molecule has 0 spiro atoms. The van der Waals surface area contributed by atoms with Crippen LogP contribution in [0, 0.1) is 6.07 Å². The molecule has 0 unspecified atom stereocenters. The number of ether oxygens (including phenoxy) is 1. The number of carbonyl (C=O) groups is 1. The van der Waals surface area contributed by atoms with Crippen molar-refractivity contribution in [2.75, 3.05) is 6.61 Å². The number of esters is 1. The highest BCUT2D eigenvalue weighted by atomic mass is 16.5. The maximum Gasteiger partial charge on any atom is 0.338 e. The fourth-order valence-corrected chi connectivity index (χ4v) is 0.949. The zero-order valence-corrected chi connectivity index (χ0v) is 7.41. The summed E-state index contributed by atoms with van der Waals surface area (Å²) in [5.74, 6) is -0.369. The van der Waals surface area contributed by atoms with Crippen LogP contribution in [0.3, 0.4) is 0 Å². The van der Waals surface area contributed by atoms with Gasteiger partial charge in [0.05, 0.1) is 18.8 Å². The maximum atomic E-state index is 11.2. The number of hydrogen-bond donors (Lipinski definition) is 1. The molecule has 0 aliphatic carbocycles. The minimum absolute atomic E-state index is 0.118. The van der Waals surface area contributed by atoms with Crippen LogP contribution in [0.1, 0.15) is 22.8 Å². The van der Waals surface area contributed by atoms with Gasteiger partial charge in [-0.15, -0.1) is 0 Å². The predicted molar refractivity (Wildman–Crippen MR) is 47.2 cm³/mol. The summed E-state index contributed by atoms with van der Waals surface area (Å²) in [6.45, 7) is 1.99. The Bertz CT molecular complexity index is 294. The monoisotopic (exact) mass is 179 g/mol. The number of rotatable bonds is 3. The summed E-state index contributed by atoms with van der Waals surface area (Å²) in [5, 5.41) is 8.79. The molecule has 1 N–H and O–H groups in total. The van der Waals surface area contributed by atoms with Crippen molar-refractivity contribution in [3.63, 3.8) is 0 Å². The SMILES string of the molecule is CCOC(=O)c1cc[c]c(CO)c1. The fourth-order valence-electron chi connectivity index (χ4n) is 0.949. The van der Waals surface area contributed by atoms with Crippen molar-refractivity contribution in [1.82, 2.24) is 0 Å². The highest BCUT2D eigenvalue weighted by molar-refractivity contribution is 5.89. The van der Waals surface area contributed by atoms with Crippen LogP contribution in [-0.4, -0.2) is 17.7 Å². The van der Waals surface area contributed by atoms with E-state index in [1.807, 2.05) is 0 Å². The molecule has 13 heavy (non-hydrogen) atoms. The van der Waals surface area contributed by atoms with Crippen LogP contribution in [0.25, 0.3) is 0 Å². The zero-order valence-electron chi connectivity index (χ0n) is 7.41. The number of carbonyl (C=O) groups excluding carboxylic acids is 1. The number of aliphatic hydroxyl groups excluding tert-OH is 1. The van der Waals surface area contributed by atoms with Gasteiger partial charge in [0, 0.05) is 0 Å². The van der Waals surface area contributed by atoms with Crippen LogP contribution in [0.5, 0.6) is 0 Å². The highest BCUT2D eigenvalue weighted by Crippen LogP contribution is 2.05. The second kappa shape index (κ2) is 4.62. The van der Waals surface area contributed by atoms with Crippen molar-refractivity contribution in [2.45, 2.75) is 13.5 Å². The molecular weight excluding hydrogens is 168 g/mol. The highest BCUT2D eigenvalue weighted by Gasteiger charge is 2.05. The Labute approximate surface area is 77.0 Å². The lowest BCUT2D eigenvalue weighted by Gasteiger charge is -2.02. The molecule has 69 valence electrons. The lowest BCUT2D eigenvalue weighted by atomic mass is 10.1. The van der Waals surface area contributed by atoms with Gasteiger partial charge < -0.3 is 9.84 Å². The summed E-state index contributed by atoms with van der Waals surface area (Å²) in [6.07, 6.45) is 0. The molecule has 1 aromatic rings. The topological polar surface area (TPSA) is 46.5 Å². The largest absolute Gasteiger partial charge is 0.462 e. The molecule has 0 bridgehead atoms. The van der Waals surface area contributed by atoms with Crippen molar-refractivity contribution < 1.29 is 14.6 Å². The van der Waals surface area contributed by atoms with E-state index >= 15 is 0 Å². The van der Waals surface area contributed by atoms with Gasteiger partial charge in [0.2, 0.25) is 0 Å². The van der Waals surface area contributed by atoms with E-state index in [1.165, 1.54) is 0 Å². The van der Waals surface area contributed by atoms with Gasteiger partial charge >= 0.3 is 5.97 Å². The van der Waals surface area contributed by atoms with Gasteiger partial charge in [-0.2, -0.15) is 0 Å². The van der Waals surface area contributed by atoms with Crippen molar-refractivity contribution in [2.24, 2.45) is 0 Å². The van der Waals surface area contributed by atoms with E-state index in [1.54, 1.807) is 25.1 Å². The van der Waals surface area contributed by atoms with Gasteiger partial charge in [-0.3, -0.25) is 0 Å². The van der Waals surface area contributed by atoms with Crippen LogP contribution >= 0.6 is 0 Å². The molecule has 0 saturated carbocycles. The van der Waals surface area contributed by atoms with Gasteiger partial charge in [-0.1, -0.05) is 6.07 Å². The number of benzene rings is 1. The van der Waals surface area contributed by atoms with E-state index < -0.39 is 0 Å². The van der Waals surface area contributed by atoms with Crippen LogP contribution < -0.4 is 0 Å².